The first-order valence-electron chi connectivity index (χ1n) is 23.7. The van der Waals surface area contributed by atoms with Crippen LogP contribution in [0.4, 0.5) is 0 Å². The predicted octanol–water partition coefficient (Wildman–Crippen LogP) is 17.9. The summed E-state index contributed by atoms with van der Waals surface area (Å²) < 4.78 is 0. The Kier molecular flexibility index (Phi) is 8.08. The average Bonchev–Trinajstić information content (AvgIpc) is 3.81. The first-order valence-corrected chi connectivity index (χ1v) is 23.7. The van der Waals surface area contributed by atoms with Gasteiger partial charge in [0.15, 0.2) is 0 Å². The third-order valence-corrected chi connectivity index (χ3v) is 16.1. The van der Waals surface area contributed by atoms with Gasteiger partial charge in [0, 0.05) is 16.2 Å². The van der Waals surface area contributed by atoms with Crippen LogP contribution in [0.2, 0.25) is 0 Å². The van der Waals surface area contributed by atoms with Crippen LogP contribution in [0.15, 0.2) is 188 Å². The number of fused-ring (bicyclic) bond motifs is 11. The molecule has 0 unspecified atom stereocenters. The largest absolute Gasteiger partial charge is 0.0616 e. The van der Waals surface area contributed by atoms with E-state index in [0.29, 0.717) is 0 Å². The minimum absolute atomic E-state index is 0.0301. The number of rotatable bonds is 4. The maximum Gasteiger partial charge on any atom is 0.0159 e. The molecule has 0 N–H and O–H groups in total. The van der Waals surface area contributed by atoms with Crippen molar-refractivity contribution < 1.29 is 0 Å². The van der Waals surface area contributed by atoms with Crippen molar-refractivity contribution >= 4 is 21.5 Å². The zero-order chi connectivity index (χ0) is 44.9. The van der Waals surface area contributed by atoms with E-state index in [4.69, 9.17) is 0 Å². The fraction of sp³-hybridized carbons (Fsp3) is 0.152. The molecule has 316 valence electrons. The molecule has 3 aliphatic rings. The van der Waals surface area contributed by atoms with Crippen LogP contribution in [0.3, 0.4) is 0 Å². The third-order valence-electron chi connectivity index (χ3n) is 16.1. The first-order chi connectivity index (χ1) is 31.8. The van der Waals surface area contributed by atoms with Gasteiger partial charge in [0.2, 0.25) is 0 Å². The van der Waals surface area contributed by atoms with Crippen LogP contribution in [0, 0.1) is 6.92 Å². The summed E-state index contributed by atoms with van der Waals surface area (Å²) in [5, 5.41) is 5.06. The molecule has 0 heterocycles. The number of hydrogen-bond donors (Lipinski definition) is 0. The van der Waals surface area contributed by atoms with Crippen molar-refractivity contribution in [1.29, 1.82) is 0 Å². The second-order valence-corrected chi connectivity index (χ2v) is 21.1. The van der Waals surface area contributed by atoms with Crippen molar-refractivity contribution in [3.8, 4) is 77.9 Å². The molecule has 0 radical (unpaired) electrons. The lowest BCUT2D eigenvalue weighted by molar-refractivity contribution is 0.659. The summed E-state index contributed by atoms with van der Waals surface area (Å²) in [5.41, 5.74) is 27.8. The van der Waals surface area contributed by atoms with Gasteiger partial charge in [-0.3, -0.25) is 0 Å². The van der Waals surface area contributed by atoms with Gasteiger partial charge in [0.1, 0.15) is 0 Å². The fourth-order valence-corrected chi connectivity index (χ4v) is 12.2. The molecule has 0 amide bonds. The minimum atomic E-state index is -0.139. The second-order valence-electron chi connectivity index (χ2n) is 21.1. The zero-order valence-electron chi connectivity index (χ0n) is 38.9. The summed E-state index contributed by atoms with van der Waals surface area (Å²) in [6.07, 6.45) is 0. The number of hydrogen-bond acceptors (Lipinski definition) is 0. The molecule has 0 fully saturated rings. The number of benzene rings is 10. The van der Waals surface area contributed by atoms with Crippen LogP contribution in [0.5, 0.6) is 0 Å². The zero-order valence-corrected chi connectivity index (χ0v) is 38.9. The van der Waals surface area contributed by atoms with Crippen molar-refractivity contribution in [3.63, 3.8) is 0 Å². The summed E-state index contributed by atoms with van der Waals surface area (Å²) in [4.78, 5) is 0. The molecule has 0 aliphatic heterocycles. The van der Waals surface area contributed by atoms with Crippen molar-refractivity contribution in [1.82, 2.24) is 0 Å². The van der Waals surface area contributed by atoms with Crippen LogP contribution >= 0.6 is 0 Å². The molecule has 0 nitrogen and oxygen atoms in total. The molecule has 0 aromatic heterocycles. The van der Waals surface area contributed by atoms with E-state index < -0.39 is 0 Å². The molecule has 10 aromatic carbocycles. The second kappa shape index (κ2) is 13.6. The van der Waals surface area contributed by atoms with E-state index in [1.165, 1.54) is 138 Å². The van der Waals surface area contributed by atoms with Gasteiger partial charge in [-0.1, -0.05) is 187 Å². The topological polar surface area (TPSA) is 0 Å². The van der Waals surface area contributed by atoms with E-state index in [1.54, 1.807) is 0 Å². The van der Waals surface area contributed by atoms with E-state index >= 15 is 0 Å². The van der Waals surface area contributed by atoms with E-state index in [1.807, 2.05) is 0 Å². The van der Waals surface area contributed by atoms with E-state index in [0.717, 1.165) is 0 Å². The smallest absolute Gasteiger partial charge is 0.0159 e. The quantitative estimate of drug-likeness (QED) is 0.166. The molecule has 10 aromatic rings. The lowest BCUT2D eigenvalue weighted by atomic mass is 9.79. The standard InChI is InChI=1S/C66H52/c1-39-12-24-52-53-26-20-48(35-59(53)64(2,3)58(52)30-39)49-21-28-56-57-29-23-51(38-63(57)66(6,7)62(56)36-49)50-22-27-55-54-25-19-47(34-60(54)65(4,5)61(55)37-50)46-18-17-44-32-43(15-16-45(44)33-46)42-14-13-40-10-8-9-11-41(40)31-42/h8-38H,1-7H3. The summed E-state index contributed by atoms with van der Waals surface area (Å²) >= 11 is 0. The van der Waals surface area contributed by atoms with Gasteiger partial charge in [0.05, 0.1) is 0 Å². The molecule has 0 saturated carbocycles. The van der Waals surface area contributed by atoms with Crippen LogP contribution in [-0.4, -0.2) is 0 Å². The summed E-state index contributed by atoms with van der Waals surface area (Å²) in [5.74, 6) is 0. The third kappa shape index (κ3) is 5.64. The molecule has 66 heavy (non-hydrogen) atoms. The van der Waals surface area contributed by atoms with Gasteiger partial charge >= 0.3 is 0 Å². The maximum absolute atomic E-state index is 2.48. The monoisotopic (exact) mass is 844 g/mol. The highest BCUT2D eigenvalue weighted by molar-refractivity contribution is 5.95. The van der Waals surface area contributed by atoms with E-state index in [9.17, 15) is 0 Å². The van der Waals surface area contributed by atoms with Gasteiger partial charge in [-0.25, -0.2) is 0 Å². The van der Waals surface area contributed by atoms with Gasteiger partial charge in [0.25, 0.3) is 0 Å². The fourth-order valence-electron chi connectivity index (χ4n) is 12.2. The van der Waals surface area contributed by atoms with Crippen molar-refractivity contribution in [2.75, 3.05) is 0 Å². The van der Waals surface area contributed by atoms with Crippen molar-refractivity contribution in [2.24, 2.45) is 0 Å². The Hall–Kier alpha value is -7.28. The Labute approximate surface area is 389 Å². The Morgan fingerprint density at radius 1 is 0.227 bits per heavy atom. The van der Waals surface area contributed by atoms with Gasteiger partial charge < -0.3 is 0 Å². The lowest BCUT2D eigenvalue weighted by Crippen LogP contribution is -2.16. The summed E-state index contributed by atoms with van der Waals surface area (Å²) in [6.45, 7) is 16.6. The van der Waals surface area contributed by atoms with Crippen LogP contribution < -0.4 is 0 Å². The molecule has 0 atom stereocenters. The highest BCUT2D eigenvalue weighted by Crippen LogP contribution is 2.54. The van der Waals surface area contributed by atoms with Gasteiger partial charge in [-0.2, -0.15) is 0 Å². The molecule has 0 heteroatoms. The molecule has 0 bridgehead atoms. The highest BCUT2D eigenvalue weighted by atomic mass is 14.4. The predicted molar refractivity (Wildman–Crippen MR) is 281 cm³/mol. The maximum atomic E-state index is 2.48. The SMILES string of the molecule is Cc1ccc2c(c1)C(C)(C)c1cc(-c3ccc4c(c3)C(C)(C)c3cc(-c5ccc6c(c5)C(C)(C)c5cc(-c7ccc8cc(-c9ccc%10ccccc%10c9)ccc8c7)ccc5-6)ccc3-4)ccc1-2. The Morgan fingerprint density at radius 3 is 0.818 bits per heavy atom. The lowest BCUT2D eigenvalue weighted by Gasteiger charge is -2.24. The van der Waals surface area contributed by atoms with E-state index in [2.05, 4.69) is 237 Å². The van der Waals surface area contributed by atoms with Gasteiger partial charge in [-0.15, -0.1) is 0 Å². The number of aryl methyl sites for hydroxylation is 1. The average molecular weight is 845 g/mol. The Balaban J connectivity index is 0.788. The Bertz CT molecular complexity index is 3740. The van der Waals surface area contributed by atoms with Crippen molar-refractivity contribution in [3.05, 3.63) is 227 Å². The highest BCUT2D eigenvalue weighted by Gasteiger charge is 2.39. The molecule has 3 aliphatic carbocycles. The van der Waals surface area contributed by atoms with Crippen LogP contribution in [-0.2, 0) is 16.2 Å². The van der Waals surface area contributed by atoms with E-state index in [-0.39, 0.29) is 16.2 Å². The molecule has 0 saturated heterocycles. The Morgan fingerprint density at radius 2 is 0.470 bits per heavy atom. The molecular weight excluding hydrogens is 793 g/mol. The molecule has 13 rings (SSSR count). The molecule has 0 spiro atoms. The van der Waals surface area contributed by atoms with Crippen LogP contribution in [0.1, 0.15) is 80.5 Å². The summed E-state index contributed by atoms with van der Waals surface area (Å²) in [6, 6.07) is 72.0. The normalized spacial score (nSPS) is 15.3. The van der Waals surface area contributed by atoms with Crippen molar-refractivity contribution in [2.45, 2.75) is 64.7 Å². The molecular formula is C66H52. The minimum Gasteiger partial charge on any atom is -0.0616 e. The first kappa shape index (κ1) is 39.1. The van der Waals surface area contributed by atoms with Crippen LogP contribution in [0.25, 0.3) is 99.4 Å². The summed E-state index contributed by atoms with van der Waals surface area (Å²) in [7, 11) is 0. The van der Waals surface area contributed by atoms with Gasteiger partial charge in [-0.05, 0) is 188 Å².